The number of hydrogen-bond donors (Lipinski definition) is 0. The van der Waals surface area contributed by atoms with E-state index in [2.05, 4.69) is 69.6 Å². The normalized spacial score (nSPS) is 21.1. The highest BCUT2D eigenvalue weighted by atomic mass is 28.4. The largest absolute Gasteiger partial charge is 0.404 e. The monoisotopic (exact) mass is 383 g/mol. The Morgan fingerprint density at radius 3 is 2.44 bits per heavy atom. The van der Waals surface area contributed by atoms with Gasteiger partial charge in [-0.15, -0.1) is 0 Å². The van der Waals surface area contributed by atoms with Gasteiger partial charge in [0.05, 0.1) is 6.04 Å². The van der Waals surface area contributed by atoms with E-state index in [0.717, 1.165) is 11.1 Å². The van der Waals surface area contributed by atoms with Crippen LogP contribution in [0.25, 0.3) is 6.08 Å². The first-order valence-electron chi connectivity index (χ1n) is 9.54. The number of hydrogen-bond acceptors (Lipinski definition) is 3. The topological polar surface area (TPSA) is 29.5 Å². The molecule has 1 aromatic carbocycles. The summed E-state index contributed by atoms with van der Waals surface area (Å²) in [6, 6.07) is 10.0. The van der Waals surface area contributed by atoms with Gasteiger partial charge < -0.3 is 9.33 Å². The third-order valence-corrected chi connectivity index (χ3v) is 9.83. The van der Waals surface area contributed by atoms with Gasteiger partial charge in [0.15, 0.2) is 14.1 Å². The molecule has 0 saturated heterocycles. The molecule has 2 rings (SSSR count). The molecule has 1 aliphatic rings. The van der Waals surface area contributed by atoms with Crippen LogP contribution in [0.1, 0.15) is 33.3 Å². The Hall–Kier alpha value is -1.91. The van der Waals surface area contributed by atoms with Gasteiger partial charge in [-0.1, -0.05) is 75.4 Å². The van der Waals surface area contributed by atoms with Crippen LogP contribution in [0.15, 0.2) is 60.8 Å². The summed E-state index contributed by atoms with van der Waals surface area (Å²) in [6.07, 6.45) is 7.20. The quantitative estimate of drug-likeness (QED) is 0.484. The molecule has 146 valence electrons. The summed E-state index contributed by atoms with van der Waals surface area (Å²) in [6.45, 7) is 17.7. The molecular formula is C23H33NO2Si. The molecule has 0 saturated carbocycles. The lowest BCUT2D eigenvalue weighted by molar-refractivity contribution is -0.124. The first-order chi connectivity index (χ1) is 12.5. The van der Waals surface area contributed by atoms with Crippen molar-refractivity contribution in [3.05, 3.63) is 66.4 Å². The number of rotatable bonds is 6. The predicted molar refractivity (Wildman–Crippen MR) is 117 cm³/mol. The third-order valence-electron chi connectivity index (χ3n) is 5.37. The average molecular weight is 384 g/mol. The van der Waals surface area contributed by atoms with E-state index >= 15 is 0 Å². The van der Waals surface area contributed by atoms with E-state index in [-0.39, 0.29) is 16.9 Å². The van der Waals surface area contributed by atoms with Crippen LogP contribution in [0.2, 0.25) is 18.1 Å². The number of benzene rings is 1. The molecule has 0 unspecified atom stereocenters. The molecule has 0 amide bonds. The molecular weight excluding hydrogens is 350 g/mol. The van der Waals surface area contributed by atoms with Crippen molar-refractivity contribution in [2.24, 2.45) is 0 Å². The second kappa shape index (κ2) is 8.40. The standard InChI is InChI=1S/C23H33NO2Si/c1-18(2)17-24-16-15-21(25)22(26-27(6,7)23(3,4)5)20(24)14-13-19-11-9-8-10-12-19/h8-16,20,22H,1,17H2,2-7H3/b14-13+/t20-,22+/m1/s1. The van der Waals surface area contributed by atoms with Crippen molar-refractivity contribution in [3.63, 3.8) is 0 Å². The third kappa shape index (κ3) is 5.53. The molecule has 0 N–H and O–H groups in total. The van der Waals surface area contributed by atoms with E-state index in [1.165, 1.54) is 0 Å². The number of ketones is 1. The van der Waals surface area contributed by atoms with Crippen molar-refractivity contribution in [2.45, 2.75) is 58.0 Å². The maximum absolute atomic E-state index is 12.8. The van der Waals surface area contributed by atoms with E-state index in [0.29, 0.717) is 6.54 Å². The van der Waals surface area contributed by atoms with Crippen molar-refractivity contribution in [3.8, 4) is 0 Å². The van der Waals surface area contributed by atoms with Crippen molar-refractivity contribution >= 4 is 20.2 Å². The highest BCUT2D eigenvalue weighted by Gasteiger charge is 2.43. The summed E-state index contributed by atoms with van der Waals surface area (Å²) < 4.78 is 6.58. The van der Waals surface area contributed by atoms with Gasteiger partial charge >= 0.3 is 0 Å². The van der Waals surface area contributed by atoms with Gasteiger partial charge in [0.2, 0.25) is 0 Å². The van der Waals surface area contributed by atoms with Crippen molar-refractivity contribution in [1.82, 2.24) is 4.90 Å². The van der Waals surface area contributed by atoms with Gasteiger partial charge in [-0.25, -0.2) is 0 Å². The first kappa shape index (κ1) is 21.4. The van der Waals surface area contributed by atoms with Crippen molar-refractivity contribution < 1.29 is 9.22 Å². The van der Waals surface area contributed by atoms with Gasteiger partial charge in [0.25, 0.3) is 0 Å². The fourth-order valence-electron chi connectivity index (χ4n) is 2.78. The van der Waals surface area contributed by atoms with Crippen LogP contribution in [-0.2, 0) is 9.22 Å². The Morgan fingerprint density at radius 1 is 1.26 bits per heavy atom. The van der Waals surface area contributed by atoms with Gasteiger partial charge in [-0.2, -0.15) is 0 Å². The zero-order chi connectivity index (χ0) is 20.2. The SMILES string of the molecule is C=C(C)CN1C=CC(=O)[C@@H](O[Si](C)(C)C(C)(C)C)[C@H]1/C=C/c1ccccc1. The fraction of sp³-hybridized carbons (Fsp3) is 0.435. The minimum atomic E-state index is -2.09. The summed E-state index contributed by atoms with van der Waals surface area (Å²) in [5.41, 5.74) is 2.17. The van der Waals surface area contributed by atoms with E-state index in [4.69, 9.17) is 4.43 Å². The number of carbonyl (C=O) groups is 1. The number of nitrogens with zero attached hydrogens (tertiary/aromatic N) is 1. The lowest BCUT2D eigenvalue weighted by Crippen LogP contribution is -2.54. The Kier molecular flexibility index (Phi) is 6.66. The smallest absolute Gasteiger partial charge is 0.193 e. The van der Waals surface area contributed by atoms with Crippen LogP contribution >= 0.6 is 0 Å². The molecule has 0 bridgehead atoms. The van der Waals surface area contributed by atoms with Crippen LogP contribution in [-0.4, -0.2) is 37.7 Å². The summed E-state index contributed by atoms with van der Waals surface area (Å²) >= 11 is 0. The Morgan fingerprint density at radius 2 is 1.89 bits per heavy atom. The van der Waals surface area contributed by atoms with Crippen molar-refractivity contribution in [2.75, 3.05) is 6.54 Å². The summed E-state index contributed by atoms with van der Waals surface area (Å²) in [5, 5.41) is 0.0430. The molecule has 0 spiro atoms. The molecule has 1 aromatic rings. The molecule has 27 heavy (non-hydrogen) atoms. The molecule has 0 radical (unpaired) electrons. The van der Waals surface area contributed by atoms with Crippen molar-refractivity contribution in [1.29, 1.82) is 0 Å². The molecule has 1 aliphatic heterocycles. The highest BCUT2D eigenvalue weighted by Crippen LogP contribution is 2.38. The summed E-state index contributed by atoms with van der Waals surface area (Å²) in [7, 11) is -2.09. The Labute approximate surface area is 165 Å². The summed E-state index contributed by atoms with van der Waals surface area (Å²) in [4.78, 5) is 14.9. The van der Waals surface area contributed by atoms with Crippen LogP contribution in [0, 0.1) is 0 Å². The molecule has 1 heterocycles. The van der Waals surface area contributed by atoms with Gasteiger partial charge in [0, 0.05) is 12.7 Å². The first-order valence-corrected chi connectivity index (χ1v) is 12.5. The zero-order valence-corrected chi connectivity index (χ0v) is 18.5. The molecule has 2 atom stereocenters. The minimum Gasteiger partial charge on any atom is -0.404 e. The predicted octanol–water partition coefficient (Wildman–Crippen LogP) is 5.43. The van der Waals surface area contributed by atoms with Gasteiger partial charge in [-0.3, -0.25) is 4.79 Å². The average Bonchev–Trinajstić information content (AvgIpc) is 2.56. The van der Waals surface area contributed by atoms with Crippen LogP contribution in [0.3, 0.4) is 0 Å². The lowest BCUT2D eigenvalue weighted by atomic mass is 9.99. The molecule has 0 aromatic heterocycles. The number of carbonyl (C=O) groups excluding carboxylic acids is 1. The fourth-order valence-corrected chi connectivity index (χ4v) is 4.03. The lowest BCUT2D eigenvalue weighted by Gasteiger charge is -2.44. The van der Waals surface area contributed by atoms with Crippen LogP contribution < -0.4 is 0 Å². The van der Waals surface area contributed by atoms with E-state index in [1.54, 1.807) is 6.08 Å². The minimum absolute atomic E-state index is 0.0421. The Bertz CT molecular complexity index is 728. The second-order valence-corrected chi connectivity index (χ2v) is 13.7. The highest BCUT2D eigenvalue weighted by molar-refractivity contribution is 6.74. The molecule has 0 aliphatic carbocycles. The molecule has 0 fully saturated rings. The van der Waals surface area contributed by atoms with Crippen LogP contribution in [0.5, 0.6) is 0 Å². The maximum Gasteiger partial charge on any atom is 0.193 e. The van der Waals surface area contributed by atoms with E-state index < -0.39 is 14.4 Å². The maximum atomic E-state index is 12.8. The Balaban J connectivity index is 2.37. The second-order valence-electron chi connectivity index (χ2n) is 8.91. The summed E-state index contributed by atoms with van der Waals surface area (Å²) in [5.74, 6) is 0.0421. The van der Waals surface area contributed by atoms with E-state index in [1.807, 2.05) is 31.3 Å². The van der Waals surface area contributed by atoms with Crippen LogP contribution in [0.4, 0.5) is 0 Å². The van der Waals surface area contributed by atoms with Gasteiger partial charge in [-0.05, 0) is 36.7 Å². The molecule has 4 heteroatoms. The van der Waals surface area contributed by atoms with E-state index in [9.17, 15) is 4.79 Å². The van der Waals surface area contributed by atoms with Gasteiger partial charge in [0.1, 0.15) is 6.10 Å². The molecule has 3 nitrogen and oxygen atoms in total. The zero-order valence-electron chi connectivity index (χ0n) is 17.5.